The molecule has 1 heterocycles. The molecule has 0 unspecified atom stereocenters. The van der Waals surface area contributed by atoms with Gasteiger partial charge in [-0.1, -0.05) is 0 Å². The number of benzene rings is 2. The van der Waals surface area contributed by atoms with Gasteiger partial charge in [0.05, 0.1) is 19.1 Å². The largest absolute Gasteiger partial charge is 0.497 e. The zero-order valence-electron chi connectivity index (χ0n) is 14.5. The second-order valence-electron chi connectivity index (χ2n) is 5.91. The van der Waals surface area contributed by atoms with Crippen LogP contribution in [0.25, 0.3) is 0 Å². The van der Waals surface area contributed by atoms with Crippen LogP contribution in [-0.2, 0) is 9.84 Å². The quantitative estimate of drug-likeness (QED) is 0.866. The van der Waals surface area contributed by atoms with Crippen LogP contribution < -0.4 is 14.8 Å². The third-order valence-corrected chi connectivity index (χ3v) is 6.41. The summed E-state index contributed by atoms with van der Waals surface area (Å²) >= 11 is 0. The van der Waals surface area contributed by atoms with Crippen molar-refractivity contribution in [3.05, 3.63) is 48.5 Å². The van der Waals surface area contributed by atoms with Crippen LogP contribution in [0.5, 0.6) is 11.5 Å². The molecule has 0 spiro atoms. The number of nitrogens with one attached hydrogen (secondary N) is 1. The number of amides is 2. The highest BCUT2D eigenvalue weighted by molar-refractivity contribution is 7.92. The number of likely N-dealkylation sites (tertiary alicyclic amines) is 1. The fourth-order valence-corrected chi connectivity index (χ4v) is 4.29. The summed E-state index contributed by atoms with van der Waals surface area (Å²) in [5.74, 6) is 1.29. The van der Waals surface area contributed by atoms with Crippen LogP contribution in [0, 0.1) is 0 Å². The van der Waals surface area contributed by atoms with Crippen molar-refractivity contribution >= 4 is 21.6 Å². The number of urea groups is 1. The van der Waals surface area contributed by atoms with Gasteiger partial charge in [-0.3, -0.25) is 0 Å². The number of carbonyl (C=O) groups excluding carboxylic acids is 1. The summed E-state index contributed by atoms with van der Waals surface area (Å²) in [5.41, 5.74) is 0.622. The molecule has 0 atom stereocenters. The summed E-state index contributed by atoms with van der Waals surface area (Å²) in [6.07, 6.45) is 0. The van der Waals surface area contributed by atoms with E-state index in [1.165, 1.54) is 24.1 Å². The van der Waals surface area contributed by atoms with Gasteiger partial charge in [0.2, 0.25) is 0 Å². The topological polar surface area (TPSA) is 84.9 Å². The monoisotopic (exact) mass is 376 g/mol. The van der Waals surface area contributed by atoms with Crippen LogP contribution in [0.4, 0.5) is 10.5 Å². The van der Waals surface area contributed by atoms with Crippen molar-refractivity contribution in [2.75, 3.05) is 32.6 Å². The van der Waals surface area contributed by atoms with E-state index >= 15 is 0 Å². The van der Waals surface area contributed by atoms with Gasteiger partial charge in [-0.25, -0.2) is 13.2 Å². The van der Waals surface area contributed by atoms with E-state index in [4.69, 9.17) is 9.47 Å². The average molecular weight is 376 g/mol. The van der Waals surface area contributed by atoms with E-state index in [1.54, 1.807) is 43.5 Å². The van der Waals surface area contributed by atoms with E-state index in [0.717, 1.165) is 0 Å². The number of hydrogen-bond acceptors (Lipinski definition) is 5. The summed E-state index contributed by atoms with van der Waals surface area (Å²) in [5, 5.41) is 2.14. The van der Waals surface area contributed by atoms with Gasteiger partial charge >= 0.3 is 6.03 Å². The van der Waals surface area contributed by atoms with E-state index in [2.05, 4.69) is 5.32 Å². The molecule has 1 fully saturated rings. The zero-order chi connectivity index (χ0) is 18.7. The number of anilines is 1. The molecular weight excluding hydrogens is 356 g/mol. The van der Waals surface area contributed by atoms with Crippen LogP contribution in [0.2, 0.25) is 0 Å². The minimum absolute atomic E-state index is 0.163. The van der Waals surface area contributed by atoms with Gasteiger partial charge in [0.25, 0.3) is 0 Å². The predicted octanol–water partition coefficient (Wildman–Crippen LogP) is 2.39. The standard InChI is InChI=1S/C18H20N2O5S/c1-24-14-5-3-13(4-6-14)19-18(21)20-11-17(12-20)26(22,23)16-9-7-15(25-2)8-10-16/h3-10,17H,11-12H2,1-2H3,(H,19,21). The Labute approximate surface area is 152 Å². The lowest BCUT2D eigenvalue weighted by Gasteiger charge is -2.38. The molecule has 2 aromatic rings. The SMILES string of the molecule is COc1ccc(NC(=O)N2CC(S(=O)(=O)c3ccc(OC)cc3)C2)cc1. The lowest BCUT2D eigenvalue weighted by molar-refractivity contribution is 0.182. The Kier molecular flexibility index (Phi) is 5.03. The Morgan fingerprint density at radius 2 is 1.46 bits per heavy atom. The Morgan fingerprint density at radius 1 is 0.962 bits per heavy atom. The molecule has 1 aliphatic rings. The molecule has 0 aliphatic carbocycles. The van der Waals surface area contributed by atoms with Crippen molar-refractivity contribution in [3.63, 3.8) is 0 Å². The van der Waals surface area contributed by atoms with Gasteiger partial charge < -0.3 is 19.7 Å². The molecule has 2 amide bonds. The lowest BCUT2D eigenvalue weighted by atomic mass is 10.2. The highest BCUT2D eigenvalue weighted by atomic mass is 32.2. The van der Waals surface area contributed by atoms with Crippen LogP contribution in [0.15, 0.2) is 53.4 Å². The first-order valence-corrected chi connectivity index (χ1v) is 9.56. The Bertz CT molecular complexity index is 873. The van der Waals surface area contributed by atoms with Crippen molar-refractivity contribution < 1.29 is 22.7 Å². The molecule has 3 rings (SSSR count). The fourth-order valence-electron chi connectivity index (χ4n) is 2.63. The molecule has 138 valence electrons. The molecule has 7 nitrogen and oxygen atoms in total. The molecule has 1 N–H and O–H groups in total. The maximum Gasteiger partial charge on any atom is 0.321 e. The van der Waals surface area contributed by atoms with Crippen molar-refractivity contribution in [2.45, 2.75) is 10.1 Å². The second kappa shape index (κ2) is 7.25. The molecule has 1 saturated heterocycles. The molecule has 0 aromatic heterocycles. The average Bonchev–Trinajstić information content (AvgIpc) is 2.61. The Balaban J connectivity index is 1.58. The number of methoxy groups -OCH3 is 2. The smallest absolute Gasteiger partial charge is 0.321 e. The van der Waals surface area contributed by atoms with Gasteiger partial charge in [-0.2, -0.15) is 0 Å². The van der Waals surface area contributed by atoms with E-state index in [9.17, 15) is 13.2 Å². The second-order valence-corrected chi connectivity index (χ2v) is 8.13. The van der Waals surface area contributed by atoms with Gasteiger partial charge in [-0.15, -0.1) is 0 Å². The van der Waals surface area contributed by atoms with Gasteiger partial charge in [-0.05, 0) is 48.5 Å². The van der Waals surface area contributed by atoms with Crippen LogP contribution in [0.3, 0.4) is 0 Å². The molecule has 8 heteroatoms. The van der Waals surface area contributed by atoms with Crippen molar-refractivity contribution in [2.24, 2.45) is 0 Å². The molecule has 0 radical (unpaired) electrons. The van der Waals surface area contributed by atoms with E-state index in [0.29, 0.717) is 17.2 Å². The Hall–Kier alpha value is -2.74. The number of ether oxygens (including phenoxy) is 2. The highest BCUT2D eigenvalue weighted by Crippen LogP contribution is 2.26. The third-order valence-electron chi connectivity index (χ3n) is 4.30. The molecule has 0 saturated carbocycles. The normalized spacial score (nSPS) is 14.5. The first kappa shape index (κ1) is 18.1. The minimum atomic E-state index is -3.47. The van der Waals surface area contributed by atoms with Gasteiger partial charge in [0, 0.05) is 18.8 Å². The van der Waals surface area contributed by atoms with Crippen molar-refractivity contribution in [3.8, 4) is 11.5 Å². The number of sulfone groups is 1. The van der Waals surface area contributed by atoms with Crippen LogP contribution >= 0.6 is 0 Å². The number of hydrogen-bond donors (Lipinski definition) is 1. The summed E-state index contributed by atoms with van der Waals surface area (Å²) in [7, 11) is -0.380. The molecule has 2 aromatic carbocycles. The molecular formula is C18H20N2O5S. The van der Waals surface area contributed by atoms with Crippen molar-refractivity contribution in [1.29, 1.82) is 0 Å². The zero-order valence-corrected chi connectivity index (χ0v) is 15.3. The van der Waals surface area contributed by atoms with E-state index in [-0.39, 0.29) is 24.0 Å². The summed E-state index contributed by atoms with van der Waals surface area (Å²) in [6.45, 7) is 0.326. The maximum atomic E-state index is 12.6. The summed E-state index contributed by atoms with van der Waals surface area (Å²) in [6, 6.07) is 12.9. The minimum Gasteiger partial charge on any atom is -0.497 e. The molecule has 1 aliphatic heterocycles. The van der Waals surface area contributed by atoms with Crippen LogP contribution in [-0.4, -0.2) is 51.9 Å². The molecule has 0 bridgehead atoms. The van der Waals surface area contributed by atoms with Crippen molar-refractivity contribution in [1.82, 2.24) is 4.90 Å². The number of rotatable bonds is 5. The maximum absolute atomic E-state index is 12.6. The van der Waals surface area contributed by atoms with E-state index < -0.39 is 15.1 Å². The number of carbonyl (C=O) groups is 1. The van der Waals surface area contributed by atoms with E-state index in [1.807, 2.05) is 0 Å². The summed E-state index contributed by atoms with van der Waals surface area (Å²) in [4.78, 5) is 13.9. The molecule has 26 heavy (non-hydrogen) atoms. The summed E-state index contributed by atoms with van der Waals surface area (Å²) < 4.78 is 35.3. The highest BCUT2D eigenvalue weighted by Gasteiger charge is 2.40. The van der Waals surface area contributed by atoms with Gasteiger partial charge in [0.1, 0.15) is 16.7 Å². The van der Waals surface area contributed by atoms with Gasteiger partial charge in [0.15, 0.2) is 9.84 Å². The number of nitrogens with zero attached hydrogens (tertiary/aromatic N) is 1. The predicted molar refractivity (Wildman–Crippen MR) is 97.6 cm³/mol. The first-order chi connectivity index (χ1) is 12.4. The Morgan fingerprint density at radius 3 is 1.96 bits per heavy atom. The third kappa shape index (κ3) is 3.60. The fraction of sp³-hybridized carbons (Fsp3) is 0.278. The lowest BCUT2D eigenvalue weighted by Crippen LogP contribution is -2.58. The van der Waals surface area contributed by atoms with Crippen LogP contribution in [0.1, 0.15) is 0 Å². The first-order valence-electron chi connectivity index (χ1n) is 8.02.